The van der Waals surface area contributed by atoms with Crippen molar-refractivity contribution in [2.24, 2.45) is 0 Å². The molecule has 8 heteroatoms. The fourth-order valence-corrected chi connectivity index (χ4v) is 2.35. The number of hydrogen-bond acceptors (Lipinski definition) is 5. The molecule has 138 valence electrons. The van der Waals surface area contributed by atoms with E-state index in [9.17, 15) is 23.5 Å². The highest BCUT2D eigenvalue weighted by Crippen LogP contribution is 2.47. The monoisotopic (exact) mass is 373 g/mol. The summed E-state index contributed by atoms with van der Waals surface area (Å²) in [5.74, 6) is -6.04. The van der Waals surface area contributed by atoms with Crippen LogP contribution in [-0.2, 0) is 4.79 Å². The first-order valence-corrected chi connectivity index (χ1v) is 7.73. The van der Waals surface area contributed by atoms with E-state index in [0.29, 0.717) is 0 Å². The van der Waals surface area contributed by atoms with Crippen LogP contribution in [0, 0.1) is 11.6 Å². The van der Waals surface area contributed by atoms with E-state index in [0.717, 1.165) is 19.1 Å². The zero-order chi connectivity index (χ0) is 19.6. The fourth-order valence-electron chi connectivity index (χ4n) is 2.35. The summed E-state index contributed by atoms with van der Waals surface area (Å²) in [7, 11) is 0. The summed E-state index contributed by atoms with van der Waals surface area (Å²) in [5, 5.41) is 12.6. The molecule has 0 unspecified atom stereocenters. The van der Waals surface area contributed by atoms with Crippen molar-refractivity contribution in [1.82, 2.24) is 0 Å². The second-order valence-corrected chi connectivity index (χ2v) is 5.45. The third kappa shape index (κ3) is 3.64. The average molecular weight is 373 g/mol. The van der Waals surface area contributed by atoms with E-state index in [-0.39, 0.29) is 5.56 Å². The van der Waals surface area contributed by atoms with Crippen molar-refractivity contribution in [1.29, 1.82) is 0 Å². The van der Waals surface area contributed by atoms with Crippen molar-refractivity contribution < 1.29 is 32.6 Å². The van der Waals surface area contributed by atoms with Crippen molar-refractivity contribution >= 4 is 17.8 Å². The molecule has 0 saturated heterocycles. The molecule has 0 aliphatic carbocycles. The van der Waals surface area contributed by atoms with Gasteiger partial charge in [0.1, 0.15) is 0 Å². The number of nitrogens with one attached hydrogen (secondary N) is 1. The van der Waals surface area contributed by atoms with Crippen LogP contribution in [0.1, 0.15) is 17.3 Å². The number of benzene rings is 2. The molecule has 2 N–H and O–H groups in total. The maximum Gasteiger partial charge on any atom is 0.308 e. The maximum atomic E-state index is 14.1. The molecule has 0 aliphatic heterocycles. The lowest BCUT2D eigenvalue weighted by molar-refractivity contribution is -0.132. The summed E-state index contributed by atoms with van der Waals surface area (Å²) in [6, 6.07) is 11.3. The predicted octanol–water partition coefficient (Wildman–Crippen LogP) is 4.11. The molecule has 1 amide bonds. The van der Waals surface area contributed by atoms with Gasteiger partial charge in [-0.05, 0) is 24.3 Å². The molecular formula is C19H13F2NO5. The molecule has 3 aromatic rings. The Hall–Kier alpha value is -3.68. The molecule has 2 aromatic carbocycles. The van der Waals surface area contributed by atoms with Crippen LogP contribution in [0.5, 0.6) is 11.5 Å². The summed E-state index contributed by atoms with van der Waals surface area (Å²) in [6.45, 7) is 1.07. The maximum absolute atomic E-state index is 14.1. The van der Waals surface area contributed by atoms with Crippen molar-refractivity contribution in [2.45, 2.75) is 6.92 Å². The van der Waals surface area contributed by atoms with Crippen LogP contribution < -0.4 is 10.1 Å². The zero-order valence-corrected chi connectivity index (χ0v) is 14.0. The van der Waals surface area contributed by atoms with E-state index in [1.807, 2.05) is 0 Å². The van der Waals surface area contributed by atoms with Gasteiger partial charge < -0.3 is 14.3 Å². The largest absolute Gasteiger partial charge is 0.502 e. The molecule has 1 heterocycles. The minimum atomic E-state index is -1.27. The van der Waals surface area contributed by atoms with Crippen LogP contribution in [-0.4, -0.2) is 17.0 Å². The van der Waals surface area contributed by atoms with Gasteiger partial charge in [0.25, 0.3) is 5.91 Å². The van der Waals surface area contributed by atoms with Gasteiger partial charge >= 0.3 is 5.97 Å². The van der Waals surface area contributed by atoms with Crippen molar-refractivity contribution in [3.05, 3.63) is 65.7 Å². The van der Waals surface area contributed by atoms with Gasteiger partial charge in [-0.1, -0.05) is 24.3 Å². The first-order chi connectivity index (χ1) is 12.9. The number of amides is 1. The van der Waals surface area contributed by atoms with E-state index in [1.165, 1.54) is 18.2 Å². The van der Waals surface area contributed by atoms with Gasteiger partial charge in [0.15, 0.2) is 17.4 Å². The lowest BCUT2D eigenvalue weighted by Gasteiger charge is -2.04. The highest BCUT2D eigenvalue weighted by molar-refractivity contribution is 6.05. The zero-order valence-electron chi connectivity index (χ0n) is 14.0. The molecule has 0 fully saturated rings. The Morgan fingerprint density at radius 3 is 2.44 bits per heavy atom. The van der Waals surface area contributed by atoms with Crippen LogP contribution >= 0.6 is 0 Å². The summed E-state index contributed by atoms with van der Waals surface area (Å²) in [4.78, 5) is 23.6. The van der Waals surface area contributed by atoms with Crippen LogP contribution in [0.3, 0.4) is 0 Å². The van der Waals surface area contributed by atoms with Crippen molar-refractivity contribution in [3.8, 4) is 22.8 Å². The molecule has 6 nitrogen and oxygen atoms in total. The van der Waals surface area contributed by atoms with Gasteiger partial charge in [0.2, 0.25) is 17.4 Å². The minimum absolute atomic E-state index is 0.264. The van der Waals surface area contributed by atoms with Crippen LogP contribution in [0.2, 0.25) is 0 Å². The first-order valence-electron chi connectivity index (χ1n) is 7.73. The number of anilines is 1. The lowest BCUT2D eigenvalue weighted by atomic mass is 10.1. The second-order valence-electron chi connectivity index (χ2n) is 5.45. The number of esters is 1. The van der Waals surface area contributed by atoms with Crippen LogP contribution in [0.15, 0.2) is 52.9 Å². The molecule has 0 radical (unpaired) electrons. The van der Waals surface area contributed by atoms with Crippen molar-refractivity contribution in [3.63, 3.8) is 0 Å². The summed E-state index contributed by atoms with van der Waals surface area (Å²) >= 11 is 0. The van der Waals surface area contributed by atoms with Gasteiger partial charge in [0.05, 0.1) is 5.56 Å². The number of carbonyl (C=O) groups is 2. The summed E-state index contributed by atoms with van der Waals surface area (Å²) in [5.41, 5.74) is -0.137. The van der Waals surface area contributed by atoms with Crippen molar-refractivity contribution in [2.75, 3.05) is 5.32 Å². The first kappa shape index (κ1) is 18.1. The molecule has 0 aliphatic rings. The smallest absolute Gasteiger partial charge is 0.308 e. The predicted molar refractivity (Wildman–Crippen MR) is 91.4 cm³/mol. The van der Waals surface area contributed by atoms with Gasteiger partial charge in [-0.3, -0.25) is 14.9 Å². The van der Waals surface area contributed by atoms with Gasteiger partial charge in [-0.25, -0.2) is 8.78 Å². The highest BCUT2D eigenvalue weighted by Gasteiger charge is 2.28. The number of rotatable bonds is 4. The topological polar surface area (TPSA) is 88.8 Å². The number of hydrogen-bond donors (Lipinski definition) is 2. The highest BCUT2D eigenvalue weighted by atomic mass is 19.2. The summed E-state index contributed by atoms with van der Waals surface area (Å²) < 4.78 is 37.7. The Kier molecular flexibility index (Phi) is 4.89. The molecule has 0 atom stereocenters. The average Bonchev–Trinajstić information content (AvgIpc) is 2.93. The standard InChI is InChI=1S/C19H13F2NO5/c1-10(23)26-17-15(24)16(12-8-5-9-13(20)14(12)21)27-19(17)22-18(25)11-6-3-2-4-7-11/h2-9,24H,1H3,(H,22,25). The fraction of sp³-hybridized carbons (Fsp3) is 0.0526. The van der Waals surface area contributed by atoms with E-state index in [4.69, 9.17) is 9.15 Å². The molecule has 3 rings (SSSR count). The van der Waals surface area contributed by atoms with Crippen LogP contribution in [0.25, 0.3) is 11.3 Å². The molecular weight excluding hydrogens is 360 g/mol. The number of furan rings is 1. The number of aromatic hydroxyl groups is 1. The minimum Gasteiger partial charge on any atom is -0.502 e. The van der Waals surface area contributed by atoms with Gasteiger partial charge in [-0.15, -0.1) is 0 Å². The van der Waals surface area contributed by atoms with Gasteiger partial charge in [-0.2, -0.15) is 0 Å². The SMILES string of the molecule is CC(=O)Oc1c(NC(=O)c2ccccc2)oc(-c2cccc(F)c2F)c1O. The molecule has 0 bridgehead atoms. The summed E-state index contributed by atoms with van der Waals surface area (Å²) in [6.07, 6.45) is 0. The molecule has 1 aromatic heterocycles. The second kappa shape index (κ2) is 7.28. The Morgan fingerprint density at radius 1 is 1.07 bits per heavy atom. The van der Waals surface area contributed by atoms with E-state index in [1.54, 1.807) is 18.2 Å². The third-order valence-corrected chi connectivity index (χ3v) is 3.55. The normalized spacial score (nSPS) is 10.5. The molecule has 0 spiro atoms. The Balaban J connectivity index is 2.06. The molecule has 27 heavy (non-hydrogen) atoms. The molecule has 0 saturated carbocycles. The number of halogens is 2. The Morgan fingerprint density at radius 2 is 1.78 bits per heavy atom. The van der Waals surface area contributed by atoms with E-state index in [2.05, 4.69) is 5.32 Å². The van der Waals surface area contributed by atoms with Gasteiger partial charge in [0, 0.05) is 12.5 Å². The Labute approximate surface area is 152 Å². The van der Waals surface area contributed by atoms with E-state index >= 15 is 0 Å². The number of ether oxygens (including phenoxy) is 1. The Bertz CT molecular complexity index is 1010. The lowest BCUT2D eigenvalue weighted by Crippen LogP contribution is -2.12. The number of carbonyl (C=O) groups excluding carboxylic acids is 2. The third-order valence-electron chi connectivity index (χ3n) is 3.55. The van der Waals surface area contributed by atoms with Crippen LogP contribution in [0.4, 0.5) is 14.7 Å². The quantitative estimate of drug-likeness (QED) is 0.672. The van der Waals surface area contributed by atoms with E-state index < -0.39 is 52.2 Å².